The average molecular weight is 548 g/mol. The summed E-state index contributed by atoms with van der Waals surface area (Å²) in [7, 11) is 3.18. The largest absolute Gasteiger partial charge is 0.497 e. The zero-order chi connectivity index (χ0) is 28.5. The number of amides is 2. The Morgan fingerprint density at radius 1 is 0.976 bits per heavy atom. The molecule has 6 rings (SSSR count). The Morgan fingerprint density at radius 2 is 1.76 bits per heavy atom. The number of aromatic nitrogens is 3. The molecule has 1 aliphatic heterocycles. The predicted octanol–water partition coefficient (Wildman–Crippen LogP) is 6.69. The van der Waals surface area contributed by atoms with E-state index in [0.717, 1.165) is 40.4 Å². The Kier molecular flexibility index (Phi) is 6.97. The SMILES string of the molecule is CCc1ccc([C@H]2c3cccn3-c3c(c(C)nn3-c3ccccc3)CN2C(=O)Nc2ccc(OC)cc2OC)cc1. The van der Waals surface area contributed by atoms with Crippen LogP contribution in [0.3, 0.4) is 0 Å². The number of hydrogen-bond acceptors (Lipinski definition) is 4. The number of carbonyl (C=O) groups excluding carboxylic acids is 1. The summed E-state index contributed by atoms with van der Waals surface area (Å²) in [6, 6.07) is 27.5. The Hall–Kier alpha value is -4.98. The summed E-state index contributed by atoms with van der Waals surface area (Å²) in [6.45, 7) is 4.50. The van der Waals surface area contributed by atoms with Gasteiger partial charge in [0.2, 0.25) is 0 Å². The summed E-state index contributed by atoms with van der Waals surface area (Å²) in [5.74, 6) is 2.10. The van der Waals surface area contributed by atoms with Gasteiger partial charge in [0.15, 0.2) is 0 Å². The molecule has 0 radical (unpaired) electrons. The number of ether oxygens (including phenoxy) is 2. The molecule has 5 aromatic rings. The predicted molar refractivity (Wildman–Crippen MR) is 159 cm³/mol. The monoisotopic (exact) mass is 547 g/mol. The maximum absolute atomic E-state index is 14.3. The number of anilines is 1. The van der Waals surface area contributed by atoms with Crippen LogP contribution >= 0.6 is 0 Å². The number of rotatable bonds is 6. The first kappa shape index (κ1) is 26.3. The molecule has 0 bridgehead atoms. The maximum Gasteiger partial charge on any atom is 0.323 e. The number of fused-ring (bicyclic) bond motifs is 3. The van der Waals surface area contributed by atoms with E-state index in [1.807, 2.05) is 52.9 Å². The molecular formula is C33H33N5O3. The molecule has 0 unspecified atom stereocenters. The lowest BCUT2D eigenvalue weighted by Crippen LogP contribution is -2.38. The number of methoxy groups -OCH3 is 2. The van der Waals surface area contributed by atoms with E-state index < -0.39 is 0 Å². The minimum atomic E-state index is -0.351. The van der Waals surface area contributed by atoms with Crippen LogP contribution in [0, 0.1) is 6.92 Å². The van der Waals surface area contributed by atoms with Crippen molar-refractivity contribution in [1.82, 2.24) is 19.2 Å². The second kappa shape index (κ2) is 10.9. The van der Waals surface area contributed by atoms with Gasteiger partial charge in [-0.2, -0.15) is 5.10 Å². The molecule has 8 nitrogen and oxygen atoms in total. The lowest BCUT2D eigenvalue weighted by Gasteiger charge is -2.31. The standard InChI is InChI=1S/C33H33N5O3/c1-5-23-13-15-24(16-14-23)31-29-12-9-19-36(29)32-27(22(2)35-38(32)25-10-7-6-8-11-25)21-37(31)33(39)34-28-18-17-26(40-3)20-30(28)41-4/h6-20,31H,5,21H2,1-4H3,(H,34,39)/t31-/m0/s1. The molecular weight excluding hydrogens is 514 g/mol. The number of nitrogens with zero attached hydrogens (tertiary/aromatic N) is 4. The Bertz CT molecular complexity index is 1690. The van der Waals surface area contributed by atoms with Gasteiger partial charge in [0.1, 0.15) is 17.3 Å². The van der Waals surface area contributed by atoms with Crippen molar-refractivity contribution in [3.05, 3.63) is 119 Å². The van der Waals surface area contributed by atoms with Crippen LogP contribution in [0.4, 0.5) is 10.5 Å². The van der Waals surface area contributed by atoms with E-state index in [1.54, 1.807) is 32.4 Å². The number of carbonyl (C=O) groups is 1. The summed E-state index contributed by atoms with van der Waals surface area (Å²) in [4.78, 5) is 16.2. The smallest absolute Gasteiger partial charge is 0.323 e. The molecule has 0 saturated heterocycles. The molecule has 1 N–H and O–H groups in total. The van der Waals surface area contributed by atoms with Crippen molar-refractivity contribution < 1.29 is 14.3 Å². The first-order chi connectivity index (χ1) is 20.0. The molecule has 3 aromatic carbocycles. The molecule has 1 atom stereocenters. The summed E-state index contributed by atoms with van der Waals surface area (Å²) in [6.07, 6.45) is 3.00. The van der Waals surface area contributed by atoms with Gasteiger partial charge >= 0.3 is 6.03 Å². The van der Waals surface area contributed by atoms with Gasteiger partial charge in [-0.05, 0) is 60.9 Å². The van der Waals surface area contributed by atoms with Gasteiger partial charge in [0.25, 0.3) is 0 Å². The fourth-order valence-corrected chi connectivity index (χ4v) is 5.52. The Balaban J connectivity index is 1.51. The van der Waals surface area contributed by atoms with Gasteiger partial charge in [-0.25, -0.2) is 9.48 Å². The van der Waals surface area contributed by atoms with E-state index in [2.05, 4.69) is 53.3 Å². The summed E-state index contributed by atoms with van der Waals surface area (Å²) >= 11 is 0. The van der Waals surface area contributed by atoms with Crippen LogP contribution in [0.1, 0.15) is 41.0 Å². The lowest BCUT2D eigenvalue weighted by molar-refractivity contribution is 0.194. The molecule has 0 aliphatic carbocycles. The first-order valence-electron chi connectivity index (χ1n) is 13.7. The minimum Gasteiger partial charge on any atom is -0.497 e. The maximum atomic E-state index is 14.3. The first-order valence-corrected chi connectivity index (χ1v) is 13.7. The van der Waals surface area contributed by atoms with E-state index >= 15 is 0 Å². The van der Waals surface area contributed by atoms with E-state index in [4.69, 9.17) is 14.6 Å². The number of nitrogens with one attached hydrogen (secondary N) is 1. The van der Waals surface area contributed by atoms with Crippen molar-refractivity contribution in [1.29, 1.82) is 0 Å². The van der Waals surface area contributed by atoms with Crippen LogP contribution in [-0.4, -0.2) is 39.5 Å². The van der Waals surface area contributed by atoms with Crippen molar-refractivity contribution in [3.8, 4) is 23.0 Å². The number of para-hydroxylation sites is 1. The van der Waals surface area contributed by atoms with Crippen LogP contribution < -0.4 is 14.8 Å². The molecule has 0 saturated carbocycles. The van der Waals surface area contributed by atoms with E-state index in [9.17, 15) is 4.79 Å². The van der Waals surface area contributed by atoms with Crippen LogP contribution in [0.15, 0.2) is 91.1 Å². The molecule has 208 valence electrons. The van der Waals surface area contributed by atoms with Crippen LogP contribution in [0.25, 0.3) is 11.5 Å². The number of hydrogen-bond donors (Lipinski definition) is 1. The van der Waals surface area contributed by atoms with Crippen molar-refractivity contribution >= 4 is 11.7 Å². The summed E-state index contributed by atoms with van der Waals surface area (Å²) < 4.78 is 15.1. The molecule has 3 heterocycles. The van der Waals surface area contributed by atoms with Crippen LogP contribution in [0.5, 0.6) is 11.5 Å². The molecule has 41 heavy (non-hydrogen) atoms. The average Bonchev–Trinajstić information content (AvgIpc) is 3.58. The van der Waals surface area contributed by atoms with Gasteiger partial charge in [-0.1, -0.05) is 49.4 Å². The second-order valence-corrected chi connectivity index (χ2v) is 10.1. The Morgan fingerprint density at radius 3 is 2.46 bits per heavy atom. The van der Waals surface area contributed by atoms with Crippen molar-refractivity contribution in [3.63, 3.8) is 0 Å². The summed E-state index contributed by atoms with van der Waals surface area (Å²) in [5.41, 5.74) is 6.62. The molecule has 0 fully saturated rings. The third-order valence-electron chi connectivity index (χ3n) is 7.70. The minimum absolute atomic E-state index is 0.245. The highest BCUT2D eigenvalue weighted by Crippen LogP contribution is 2.39. The number of urea groups is 1. The number of aryl methyl sites for hydroxylation is 2. The lowest BCUT2D eigenvalue weighted by atomic mass is 9.99. The number of benzene rings is 3. The van der Waals surface area contributed by atoms with Crippen LogP contribution in [-0.2, 0) is 13.0 Å². The molecule has 0 spiro atoms. The topological polar surface area (TPSA) is 73.6 Å². The van der Waals surface area contributed by atoms with Crippen molar-refractivity contribution in [2.24, 2.45) is 0 Å². The van der Waals surface area contributed by atoms with Gasteiger partial charge in [-0.15, -0.1) is 0 Å². The van der Waals surface area contributed by atoms with Gasteiger partial charge in [-0.3, -0.25) is 0 Å². The zero-order valence-corrected chi connectivity index (χ0v) is 23.7. The van der Waals surface area contributed by atoms with Gasteiger partial charge in [0.05, 0.1) is 49.6 Å². The van der Waals surface area contributed by atoms with Crippen molar-refractivity contribution in [2.45, 2.75) is 32.9 Å². The quantitative estimate of drug-likeness (QED) is 0.257. The van der Waals surface area contributed by atoms with Gasteiger partial charge in [0, 0.05) is 17.8 Å². The molecule has 8 heteroatoms. The highest BCUT2D eigenvalue weighted by Gasteiger charge is 2.36. The second-order valence-electron chi connectivity index (χ2n) is 10.1. The molecule has 2 aromatic heterocycles. The van der Waals surface area contributed by atoms with Crippen molar-refractivity contribution in [2.75, 3.05) is 19.5 Å². The highest BCUT2D eigenvalue weighted by molar-refractivity contribution is 5.92. The zero-order valence-electron chi connectivity index (χ0n) is 23.7. The fourth-order valence-electron chi connectivity index (χ4n) is 5.52. The third kappa shape index (κ3) is 4.71. The Labute approximate surface area is 239 Å². The van der Waals surface area contributed by atoms with Gasteiger partial charge < -0.3 is 24.3 Å². The normalized spacial score (nSPS) is 14.1. The third-order valence-corrected chi connectivity index (χ3v) is 7.70. The fraction of sp³-hybridized carbons (Fsp3) is 0.212. The highest BCUT2D eigenvalue weighted by atomic mass is 16.5. The molecule has 2 amide bonds. The van der Waals surface area contributed by atoms with E-state index in [1.165, 1.54) is 5.56 Å². The van der Waals surface area contributed by atoms with E-state index in [0.29, 0.717) is 23.7 Å². The van der Waals surface area contributed by atoms with Crippen LogP contribution in [0.2, 0.25) is 0 Å². The summed E-state index contributed by atoms with van der Waals surface area (Å²) in [5, 5.41) is 8.05. The molecule has 1 aliphatic rings. The van der Waals surface area contributed by atoms with E-state index in [-0.39, 0.29) is 12.1 Å².